The number of hydrogen-bond donors (Lipinski definition) is 1. The number of amides is 1. The largest absolute Gasteiger partial charge is 0.495 e. The van der Waals surface area contributed by atoms with E-state index in [2.05, 4.69) is 21.8 Å². The Morgan fingerprint density at radius 2 is 2.06 bits per heavy atom. The van der Waals surface area contributed by atoms with Gasteiger partial charge in [-0.15, -0.1) is 0 Å². The second kappa shape index (κ2) is 9.49. The summed E-state index contributed by atoms with van der Waals surface area (Å²) in [6.45, 7) is 2.25. The summed E-state index contributed by atoms with van der Waals surface area (Å²) in [7, 11) is 7.48. The number of likely N-dealkylation sites (N-methyl/N-ethyl adjacent to an activating group) is 1. The van der Waals surface area contributed by atoms with Gasteiger partial charge in [0, 0.05) is 49.8 Å². The van der Waals surface area contributed by atoms with E-state index in [0.29, 0.717) is 34.1 Å². The maximum atomic E-state index is 12.5. The van der Waals surface area contributed by atoms with Crippen molar-refractivity contribution in [3.05, 3.63) is 47.4 Å². The fraction of sp³-hybridized carbons (Fsp3) is 0.370. The Morgan fingerprint density at radius 3 is 2.75 bits per heavy atom. The first-order chi connectivity index (χ1) is 17.3. The van der Waals surface area contributed by atoms with E-state index in [1.807, 2.05) is 53.7 Å². The van der Waals surface area contributed by atoms with Crippen LogP contribution in [0.15, 0.2) is 36.7 Å². The van der Waals surface area contributed by atoms with Crippen molar-refractivity contribution in [1.82, 2.24) is 24.3 Å². The molecule has 5 rings (SSSR count). The zero-order valence-corrected chi connectivity index (χ0v) is 21.6. The number of hydrogen-bond acceptors (Lipinski definition) is 6. The molecule has 0 spiro atoms. The Bertz CT molecular complexity index is 1420. The number of para-hydroxylation sites is 1. The Morgan fingerprint density at radius 1 is 1.31 bits per heavy atom. The molecule has 2 aromatic heterocycles. The average Bonchev–Trinajstić information content (AvgIpc) is 3.16. The number of rotatable bonds is 5. The number of carbonyl (C=O) groups is 1. The molecule has 1 aliphatic carbocycles. The minimum atomic E-state index is 0.0776. The van der Waals surface area contributed by atoms with E-state index in [0.717, 1.165) is 41.8 Å². The number of carbonyl (C=O) groups excluding carboxylic acids is 1. The molecule has 2 aliphatic rings. The average molecular weight is 505 g/mol. The lowest BCUT2D eigenvalue weighted by molar-refractivity contribution is -0.125. The van der Waals surface area contributed by atoms with Crippen molar-refractivity contribution < 1.29 is 9.53 Å². The van der Waals surface area contributed by atoms with Gasteiger partial charge in [-0.05, 0) is 37.9 Å². The Labute approximate surface area is 215 Å². The number of anilines is 1. The minimum Gasteiger partial charge on any atom is -0.495 e. The summed E-state index contributed by atoms with van der Waals surface area (Å²) in [5.74, 6) is 8.98. The highest BCUT2D eigenvalue weighted by Crippen LogP contribution is 2.51. The first kappa shape index (κ1) is 24.2. The minimum absolute atomic E-state index is 0.0776. The third-order valence-electron chi connectivity index (χ3n) is 7.03. The molecule has 3 heterocycles. The van der Waals surface area contributed by atoms with Crippen molar-refractivity contribution >= 4 is 34.4 Å². The second-order valence-corrected chi connectivity index (χ2v) is 10.00. The van der Waals surface area contributed by atoms with Gasteiger partial charge in [-0.2, -0.15) is 0 Å². The topological polar surface area (TPSA) is 89.5 Å². The summed E-state index contributed by atoms with van der Waals surface area (Å²) < 4.78 is 7.58. The highest BCUT2D eigenvalue weighted by molar-refractivity contribution is 6.32. The smallest absolute Gasteiger partial charge is 0.246 e. The van der Waals surface area contributed by atoms with Crippen LogP contribution in [0, 0.1) is 29.6 Å². The van der Waals surface area contributed by atoms with E-state index in [9.17, 15) is 4.79 Å². The molecule has 1 unspecified atom stereocenters. The molecule has 1 aliphatic heterocycles. The summed E-state index contributed by atoms with van der Waals surface area (Å²) in [5, 5.41) is 1.23. The lowest BCUT2D eigenvalue weighted by Crippen LogP contribution is -2.30. The van der Waals surface area contributed by atoms with Gasteiger partial charge >= 0.3 is 0 Å². The number of aromatic nitrogens is 3. The molecular weight excluding hydrogens is 476 g/mol. The van der Waals surface area contributed by atoms with Crippen molar-refractivity contribution in [3.63, 3.8) is 0 Å². The summed E-state index contributed by atoms with van der Waals surface area (Å²) in [5.41, 5.74) is 9.39. The third kappa shape index (κ3) is 4.19. The van der Waals surface area contributed by atoms with Crippen LogP contribution in [0.3, 0.4) is 0 Å². The van der Waals surface area contributed by atoms with Crippen molar-refractivity contribution in [2.45, 2.75) is 0 Å². The van der Waals surface area contributed by atoms with Crippen LogP contribution in [0.1, 0.15) is 5.69 Å². The third-order valence-corrected chi connectivity index (χ3v) is 7.33. The maximum Gasteiger partial charge on any atom is 0.246 e. The Balaban J connectivity index is 1.45. The molecule has 0 radical (unpaired) electrons. The predicted molar refractivity (Wildman–Crippen MR) is 142 cm³/mol. The van der Waals surface area contributed by atoms with Crippen molar-refractivity contribution in [2.75, 3.05) is 46.6 Å². The molecule has 1 saturated heterocycles. The molecular formula is C27H29ClN6O2. The number of ether oxygens (including phenoxy) is 1. The second-order valence-electron chi connectivity index (χ2n) is 9.59. The zero-order valence-electron chi connectivity index (χ0n) is 20.8. The molecule has 3 atom stereocenters. The number of likely N-dealkylation sites (tertiary alicyclic amines) is 1. The SMILES string of the molecule is COc1c(Cl)cccc1-c1c(C#CC2[C@H]3CN(C(=O)/C=C/CN(C)C)C[C@@H]23)n(C)c2ncnc(N)c12. The first-order valence-electron chi connectivity index (χ1n) is 11.8. The number of piperidine rings is 1. The van der Waals surface area contributed by atoms with Crippen LogP contribution < -0.4 is 10.5 Å². The number of nitrogens with zero attached hydrogens (tertiary/aromatic N) is 5. The van der Waals surface area contributed by atoms with Gasteiger partial charge in [0.25, 0.3) is 0 Å². The molecule has 8 nitrogen and oxygen atoms in total. The fourth-order valence-corrected chi connectivity index (χ4v) is 5.39. The van der Waals surface area contributed by atoms with Crippen LogP contribution in [0.2, 0.25) is 5.02 Å². The van der Waals surface area contributed by atoms with Crippen molar-refractivity contribution in [3.8, 4) is 28.7 Å². The lowest BCUT2D eigenvalue weighted by Gasteiger charge is -2.17. The van der Waals surface area contributed by atoms with Crippen LogP contribution in [-0.4, -0.2) is 71.1 Å². The van der Waals surface area contributed by atoms with Gasteiger partial charge in [-0.1, -0.05) is 35.7 Å². The highest BCUT2D eigenvalue weighted by Gasteiger charge is 2.55. The molecule has 2 fully saturated rings. The van der Waals surface area contributed by atoms with E-state index in [1.54, 1.807) is 19.3 Å². The lowest BCUT2D eigenvalue weighted by atomic mass is 10.0. The molecule has 9 heteroatoms. The monoisotopic (exact) mass is 504 g/mol. The van der Waals surface area contributed by atoms with Gasteiger partial charge in [0.1, 0.15) is 29.2 Å². The van der Waals surface area contributed by atoms with Crippen LogP contribution in [0.25, 0.3) is 22.2 Å². The van der Waals surface area contributed by atoms with Crippen LogP contribution >= 0.6 is 11.6 Å². The number of benzene rings is 1. The zero-order chi connectivity index (χ0) is 25.6. The first-order valence-corrected chi connectivity index (χ1v) is 12.2. The molecule has 1 saturated carbocycles. The number of nitrogens with two attached hydrogens (primary N) is 1. The van der Waals surface area contributed by atoms with Gasteiger partial charge in [-0.3, -0.25) is 4.79 Å². The van der Waals surface area contributed by atoms with Gasteiger partial charge in [0.15, 0.2) is 0 Å². The van der Waals surface area contributed by atoms with Gasteiger partial charge in [0.2, 0.25) is 5.91 Å². The van der Waals surface area contributed by atoms with Gasteiger partial charge < -0.3 is 24.8 Å². The molecule has 1 aromatic carbocycles. The number of methoxy groups -OCH3 is 1. The number of halogens is 1. The van der Waals surface area contributed by atoms with Gasteiger partial charge in [0.05, 0.1) is 17.5 Å². The fourth-order valence-electron chi connectivity index (χ4n) is 5.14. The van der Waals surface area contributed by atoms with Crippen LogP contribution in [0.4, 0.5) is 5.82 Å². The normalized spacial score (nSPS) is 20.6. The maximum absolute atomic E-state index is 12.5. The summed E-state index contributed by atoms with van der Waals surface area (Å²) in [6.07, 6.45) is 5.04. The van der Waals surface area contributed by atoms with Crippen LogP contribution in [0.5, 0.6) is 5.75 Å². The predicted octanol–water partition coefficient (Wildman–Crippen LogP) is 3.05. The molecule has 36 heavy (non-hydrogen) atoms. The Hall–Kier alpha value is -3.54. The van der Waals surface area contributed by atoms with Crippen molar-refractivity contribution in [1.29, 1.82) is 0 Å². The molecule has 186 valence electrons. The van der Waals surface area contributed by atoms with E-state index in [-0.39, 0.29) is 11.8 Å². The highest BCUT2D eigenvalue weighted by atomic mass is 35.5. The van der Waals surface area contributed by atoms with Crippen molar-refractivity contribution in [2.24, 2.45) is 24.8 Å². The number of fused-ring (bicyclic) bond motifs is 2. The van der Waals surface area contributed by atoms with E-state index in [1.165, 1.54) is 6.33 Å². The van der Waals surface area contributed by atoms with Crippen LogP contribution in [-0.2, 0) is 11.8 Å². The van der Waals surface area contributed by atoms with E-state index >= 15 is 0 Å². The van der Waals surface area contributed by atoms with E-state index in [4.69, 9.17) is 22.1 Å². The number of aryl methyl sites for hydroxylation is 1. The standard InChI is InChI=1S/C27H29ClN6O2/c1-32(2)12-6-9-22(35)34-13-18-16(19(18)14-34)10-11-21-23(17-7-5-8-20(28)25(17)36-4)24-26(29)30-15-31-27(24)33(21)3/h5-9,15-16,18-19H,12-14H2,1-4H3,(H2,29,30,31)/b9-6+/t16?,18-,19+. The molecule has 2 N–H and O–H groups in total. The summed E-state index contributed by atoms with van der Waals surface area (Å²) in [4.78, 5) is 25.1. The Kier molecular flexibility index (Phi) is 6.37. The summed E-state index contributed by atoms with van der Waals surface area (Å²) >= 11 is 6.45. The number of nitrogen functional groups attached to an aromatic ring is 1. The molecule has 1 amide bonds. The van der Waals surface area contributed by atoms with E-state index < -0.39 is 0 Å². The quantitative estimate of drug-likeness (QED) is 0.424. The van der Waals surface area contributed by atoms with Gasteiger partial charge in [-0.25, -0.2) is 9.97 Å². The molecule has 3 aromatic rings. The summed E-state index contributed by atoms with van der Waals surface area (Å²) in [6, 6.07) is 5.60. The molecule has 0 bridgehead atoms.